The molecular formula is C19H21BrN2O. The third-order valence-electron chi connectivity index (χ3n) is 4.46. The van der Waals surface area contributed by atoms with Crippen LogP contribution in [-0.4, -0.2) is 17.4 Å². The number of amides is 1. The Kier molecular flexibility index (Phi) is 4.44. The summed E-state index contributed by atoms with van der Waals surface area (Å²) < 4.78 is 1.03. The molecule has 0 saturated carbocycles. The minimum Gasteiger partial charge on any atom is -0.358 e. The van der Waals surface area contributed by atoms with Gasteiger partial charge >= 0.3 is 0 Å². The van der Waals surface area contributed by atoms with Crippen LogP contribution in [0.15, 0.2) is 53.0 Å². The summed E-state index contributed by atoms with van der Waals surface area (Å²) in [5.74, 6) is 0.0956. The predicted octanol–water partition coefficient (Wildman–Crippen LogP) is 4.99. The molecule has 3 nitrogen and oxygen atoms in total. The number of hydrogen-bond acceptors (Lipinski definition) is 2. The number of anilines is 1. The smallest absolute Gasteiger partial charge is 0.258 e. The van der Waals surface area contributed by atoms with Crippen molar-refractivity contribution in [3.8, 4) is 0 Å². The van der Waals surface area contributed by atoms with Gasteiger partial charge in [-0.1, -0.05) is 53.5 Å². The van der Waals surface area contributed by atoms with Crippen molar-refractivity contribution >= 4 is 27.5 Å². The second-order valence-corrected chi connectivity index (χ2v) is 6.98. The summed E-state index contributed by atoms with van der Waals surface area (Å²) in [6, 6.07) is 15.9. The van der Waals surface area contributed by atoms with Gasteiger partial charge in [0.1, 0.15) is 5.66 Å². The molecule has 3 rings (SSSR count). The maximum absolute atomic E-state index is 13.1. The summed E-state index contributed by atoms with van der Waals surface area (Å²) in [6.07, 6.45) is 2.05. The van der Waals surface area contributed by atoms with Crippen LogP contribution in [0.5, 0.6) is 0 Å². The van der Waals surface area contributed by atoms with Crippen molar-refractivity contribution in [3.63, 3.8) is 0 Å². The molecule has 0 radical (unpaired) electrons. The fourth-order valence-corrected chi connectivity index (χ4v) is 3.36. The Bertz CT molecular complexity index is 714. The molecular weight excluding hydrogens is 352 g/mol. The van der Waals surface area contributed by atoms with Gasteiger partial charge in [0.2, 0.25) is 0 Å². The van der Waals surface area contributed by atoms with Crippen molar-refractivity contribution in [1.82, 2.24) is 4.90 Å². The quantitative estimate of drug-likeness (QED) is 0.819. The lowest BCUT2D eigenvalue weighted by molar-refractivity contribution is 0.0531. The van der Waals surface area contributed by atoms with Crippen LogP contribution in [0, 0.1) is 0 Å². The van der Waals surface area contributed by atoms with Crippen molar-refractivity contribution < 1.29 is 4.79 Å². The Hall–Kier alpha value is -1.81. The van der Waals surface area contributed by atoms with Crippen LogP contribution in [0.25, 0.3) is 0 Å². The van der Waals surface area contributed by atoms with Crippen molar-refractivity contribution in [2.24, 2.45) is 0 Å². The van der Waals surface area contributed by atoms with Gasteiger partial charge < -0.3 is 10.2 Å². The van der Waals surface area contributed by atoms with E-state index in [-0.39, 0.29) is 5.91 Å². The number of para-hydroxylation sites is 1. The third-order valence-corrected chi connectivity index (χ3v) is 4.99. The highest BCUT2D eigenvalue weighted by Crippen LogP contribution is 2.38. The molecule has 1 unspecified atom stereocenters. The van der Waals surface area contributed by atoms with E-state index >= 15 is 0 Å². The Morgan fingerprint density at radius 3 is 2.52 bits per heavy atom. The van der Waals surface area contributed by atoms with E-state index in [0.29, 0.717) is 0 Å². The number of carbonyl (C=O) groups excluding carboxylic acids is 1. The van der Waals surface area contributed by atoms with E-state index < -0.39 is 5.66 Å². The van der Waals surface area contributed by atoms with Crippen molar-refractivity contribution in [1.29, 1.82) is 0 Å². The molecule has 120 valence electrons. The number of hydrogen-bond donors (Lipinski definition) is 1. The molecule has 1 N–H and O–H groups in total. The maximum atomic E-state index is 13.1. The van der Waals surface area contributed by atoms with Gasteiger partial charge in [-0.15, -0.1) is 0 Å². The monoisotopic (exact) mass is 372 g/mol. The van der Waals surface area contributed by atoms with E-state index in [9.17, 15) is 4.79 Å². The maximum Gasteiger partial charge on any atom is 0.258 e. The van der Waals surface area contributed by atoms with Gasteiger partial charge in [-0.05, 0) is 43.2 Å². The molecule has 1 aliphatic rings. The number of nitrogens with one attached hydrogen (secondary N) is 1. The van der Waals surface area contributed by atoms with Crippen LogP contribution in [0.4, 0.5) is 5.69 Å². The SMILES string of the molecule is CCCCN1C(=O)c2ccccc2NC1(C)c1ccc(Br)cc1. The number of rotatable bonds is 4. The van der Waals surface area contributed by atoms with Gasteiger partial charge in [-0.25, -0.2) is 0 Å². The van der Waals surface area contributed by atoms with Crippen LogP contribution in [0.2, 0.25) is 0 Å². The first-order chi connectivity index (χ1) is 11.1. The normalized spacial score (nSPS) is 20.1. The number of nitrogens with zero attached hydrogens (tertiary/aromatic N) is 1. The van der Waals surface area contributed by atoms with Gasteiger partial charge in [0.25, 0.3) is 5.91 Å². The summed E-state index contributed by atoms with van der Waals surface area (Å²) in [5.41, 5.74) is 2.19. The van der Waals surface area contributed by atoms with Crippen LogP contribution in [-0.2, 0) is 5.66 Å². The Morgan fingerprint density at radius 2 is 1.83 bits per heavy atom. The standard InChI is InChI=1S/C19H21BrN2O/c1-3-4-13-22-18(23)16-7-5-6-8-17(16)21-19(22,2)14-9-11-15(20)12-10-14/h5-12,21H,3-4,13H2,1-2H3. The minimum absolute atomic E-state index is 0.0956. The summed E-state index contributed by atoms with van der Waals surface area (Å²) in [4.78, 5) is 15.0. The molecule has 4 heteroatoms. The Balaban J connectivity index is 2.08. The Morgan fingerprint density at radius 1 is 1.13 bits per heavy atom. The van der Waals surface area contributed by atoms with E-state index in [1.165, 1.54) is 0 Å². The molecule has 0 fully saturated rings. The topological polar surface area (TPSA) is 32.3 Å². The zero-order valence-corrected chi connectivity index (χ0v) is 15.1. The first kappa shape index (κ1) is 16.1. The highest BCUT2D eigenvalue weighted by molar-refractivity contribution is 9.10. The van der Waals surface area contributed by atoms with Gasteiger partial charge in [-0.3, -0.25) is 4.79 Å². The number of carbonyl (C=O) groups is 1. The number of benzene rings is 2. The summed E-state index contributed by atoms with van der Waals surface area (Å²) in [7, 11) is 0. The minimum atomic E-state index is -0.540. The molecule has 0 spiro atoms. The van der Waals surface area contributed by atoms with E-state index in [0.717, 1.165) is 40.7 Å². The first-order valence-corrected chi connectivity index (χ1v) is 8.81. The molecule has 1 heterocycles. The summed E-state index contributed by atoms with van der Waals surface area (Å²) in [5, 5.41) is 3.59. The molecule has 0 bridgehead atoms. The van der Waals surface area contributed by atoms with Crippen LogP contribution in [0.3, 0.4) is 0 Å². The summed E-state index contributed by atoms with van der Waals surface area (Å²) in [6.45, 7) is 4.97. The molecule has 1 amide bonds. The van der Waals surface area contributed by atoms with E-state index in [2.05, 4.69) is 47.2 Å². The highest BCUT2D eigenvalue weighted by atomic mass is 79.9. The van der Waals surface area contributed by atoms with Crippen LogP contribution >= 0.6 is 15.9 Å². The van der Waals surface area contributed by atoms with Gasteiger partial charge in [0.15, 0.2) is 0 Å². The first-order valence-electron chi connectivity index (χ1n) is 8.01. The summed E-state index contributed by atoms with van der Waals surface area (Å²) >= 11 is 3.48. The second kappa shape index (κ2) is 6.36. The lowest BCUT2D eigenvalue weighted by Crippen LogP contribution is -2.56. The molecule has 2 aromatic rings. The Labute approximate surface area is 145 Å². The lowest BCUT2D eigenvalue weighted by atomic mass is 9.93. The van der Waals surface area contributed by atoms with Crippen molar-refractivity contribution in [2.45, 2.75) is 32.4 Å². The van der Waals surface area contributed by atoms with E-state index in [4.69, 9.17) is 0 Å². The number of fused-ring (bicyclic) bond motifs is 1. The third kappa shape index (κ3) is 2.88. The molecule has 0 saturated heterocycles. The van der Waals surface area contributed by atoms with E-state index in [1.54, 1.807) is 0 Å². The molecule has 1 atom stereocenters. The van der Waals surface area contributed by atoms with Gasteiger partial charge in [-0.2, -0.15) is 0 Å². The number of unbranched alkanes of at least 4 members (excludes halogenated alkanes) is 1. The van der Waals surface area contributed by atoms with Gasteiger partial charge in [0.05, 0.1) is 5.56 Å². The molecule has 0 aromatic heterocycles. The highest BCUT2D eigenvalue weighted by Gasteiger charge is 2.41. The average molecular weight is 373 g/mol. The van der Waals surface area contributed by atoms with Gasteiger partial charge in [0, 0.05) is 16.7 Å². The predicted molar refractivity (Wildman–Crippen MR) is 97.5 cm³/mol. The average Bonchev–Trinajstić information content (AvgIpc) is 2.55. The van der Waals surface area contributed by atoms with Crippen LogP contribution in [0.1, 0.15) is 42.6 Å². The molecule has 0 aliphatic carbocycles. The van der Waals surface area contributed by atoms with E-state index in [1.807, 2.05) is 41.3 Å². The number of halogens is 1. The fourth-order valence-electron chi connectivity index (χ4n) is 3.10. The van der Waals surface area contributed by atoms with Crippen molar-refractivity contribution in [3.05, 3.63) is 64.1 Å². The second-order valence-electron chi connectivity index (χ2n) is 6.06. The molecule has 2 aromatic carbocycles. The fraction of sp³-hybridized carbons (Fsp3) is 0.316. The zero-order chi connectivity index (χ0) is 16.4. The lowest BCUT2D eigenvalue weighted by Gasteiger charge is -2.47. The molecule has 1 aliphatic heterocycles. The largest absolute Gasteiger partial charge is 0.358 e. The van der Waals surface area contributed by atoms with Crippen LogP contribution < -0.4 is 5.32 Å². The zero-order valence-electron chi connectivity index (χ0n) is 13.5. The molecule has 23 heavy (non-hydrogen) atoms. The van der Waals surface area contributed by atoms with Crippen molar-refractivity contribution in [2.75, 3.05) is 11.9 Å².